The lowest BCUT2D eigenvalue weighted by Crippen LogP contribution is -2.60. The Hall–Kier alpha value is -0.0400. The zero-order valence-electron chi connectivity index (χ0n) is 23.7. The maximum atomic E-state index is 3.13. The van der Waals surface area contributed by atoms with Gasteiger partial charge in [0.1, 0.15) is 0 Å². The Morgan fingerprint density at radius 2 is 1.68 bits per heavy atom. The van der Waals surface area contributed by atoms with Crippen molar-refractivity contribution in [3.05, 3.63) is 0 Å². The molecule has 3 spiro atoms. The average molecular weight is 468 g/mol. The highest BCUT2D eigenvalue weighted by atomic mass is 15.3. The molecular weight excluding hydrogens is 410 g/mol. The molecule has 6 fully saturated rings. The minimum Gasteiger partial charge on any atom is -0.296 e. The summed E-state index contributed by atoms with van der Waals surface area (Å²) in [6.07, 6.45) is 21.4. The Bertz CT molecular complexity index is 746. The van der Waals surface area contributed by atoms with Crippen molar-refractivity contribution >= 4 is 0 Å². The molecule has 194 valence electrons. The highest BCUT2D eigenvalue weighted by molar-refractivity contribution is 5.27. The second kappa shape index (κ2) is 8.49. The van der Waals surface area contributed by atoms with Gasteiger partial charge in [-0.05, 0) is 109 Å². The predicted octanol–water partition coefficient (Wildman–Crippen LogP) is 8.96. The zero-order chi connectivity index (χ0) is 23.9. The summed E-state index contributed by atoms with van der Waals surface area (Å²) in [5, 5.41) is 0. The third kappa shape index (κ3) is 2.95. The van der Waals surface area contributed by atoms with E-state index in [1.54, 1.807) is 38.5 Å². The van der Waals surface area contributed by atoms with E-state index in [9.17, 15) is 0 Å². The zero-order valence-corrected chi connectivity index (χ0v) is 23.7. The van der Waals surface area contributed by atoms with Crippen LogP contribution < -0.4 is 0 Å². The Kier molecular flexibility index (Phi) is 6.07. The first kappa shape index (κ1) is 24.3. The van der Waals surface area contributed by atoms with Crippen LogP contribution in [0.3, 0.4) is 0 Å². The molecule has 34 heavy (non-hydrogen) atoms. The topological polar surface area (TPSA) is 3.24 Å². The number of hydrogen-bond donors (Lipinski definition) is 0. The Labute approximate surface area is 212 Å². The van der Waals surface area contributed by atoms with Crippen LogP contribution in [0.15, 0.2) is 0 Å². The molecule has 0 N–H and O–H groups in total. The summed E-state index contributed by atoms with van der Waals surface area (Å²) < 4.78 is 0. The van der Waals surface area contributed by atoms with Crippen LogP contribution in [0, 0.1) is 57.7 Å². The second-order valence-electron chi connectivity index (χ2n) is 15.1. The largest absolute Gasteiger partial charge is 0.296 e. The van der Waals surface area contributed by atoms with E-state index in [4.69, 9.17) is 0 Å². The van der Waals surface area contributed by atoms with Crippen molar-refractivity contribution in [2.45, 2.75) is 144 Å². The predicted molar refractivity (Wildman–Crippen MR) is 145 cm³/mol. The lowest BCUT2D eigenvalue weighted by molar-refractivity contribution is -0.137. The van der Waals surface area contributed by atoms with E-state index in [-0.39, 0.29) is 0 Å². The lowest BCUT2D eigenvalue weighted by atomic mass is 9.43. The van der Waals surface area contributed by atoms with Gasteiger partial charge in [-0.1, -0.05) is 80.1 Å². The summed E-state index contributed by atoms with van der Waals surface area (Å²) in [6.45, 7) is 17.2. The molecule has 6 aliphatic rings. The molecule has 10 atom stereocenters. The molecule has 4 aliphatic carbocycles. The molecule has 2 heterocycles. The van der Waals surface area contributed by atoms with Crippen LogP contribution in [0.25, 0.3) is 0 Å². The third-order valence-corrected chi connectivity index (χ3v) is 14.3. The molecule has 0 radical (unpaired) electrons. The van der Waals surface area contributed by atoms with Crippen LogP contribution in [-0.2, 0) is 0 Å². The Morgan fingerprint density at radius 3 is 2.24 bits per heavy atom. The molecule has 6 rings (SSSR count). The molecule has 4 saturated carbocycles. The summed E-state index contributed by atoms with van der Waals surface area (Å²) in [6, 6.07) is 1.88. The molecule has 0 aromatic rings. The summed E-state index contributed by atoms with van der Waals surface area (Å²) in [5.74, 6) is 6.66. The number of hydrogen-bond acceptors (Lipinski definition) is 1. The van der Waals surface area contributed by atoms with Crippen molar-refractivity contribution in [2.24, 2.45) is 57.7 Å². The summed E-state index contributed by atoms with van der Waals surface area (Å²) in [4.78, 5) is 3.13. The van der Waals surface area contributed by atoms with Gasteiger partial charge in [0.25, 0.3) is 0 Å². The molecule has 10 unspecified atom stereocenters. The van der Waals surface area contributed by atoms with Crippen LogP contribution >= 0.6 is 0 Å². The molecule has 0 amide bonds. The van der Waals surface area contributed by atoms with E-state index < -0.39 is 0 Å². The fourth-order valence-corrected chi connectivity index (χ4v) is 12.8. The molecule has 2 bridgehead atoms. The van der Waals surface area contributed by atoms with Crippen LogP contribution in [0.5, 0.6) is 0 Å². The van der Waals surface area contributed by atoms with Gasteiger partial charge in [-0.3, -0.25) is 4.90 Å². The quantitative estimate of drug-likeness (QED) is 0.377. The van der Waals surface area contributed by atoms with Gasteiger partial charge in [-0.2, -0.15) is 0 Å². The van der Waals surface area contributed by atoms with E-state index in [1.165, 1.54) is 57.9 Å². The molecular formula is C33H57N. The highest BCUT2D eigenvalue weighted by Gasteiger charge is 2.77. The first-order valence-corrected chi connectivity index (χ1v) is 16.1. The van der Waals surface area contributed by atoms with Gasteiger partial charge < -0.3 is 0 Å². The fourth-order valence-electron chi connectivity index (χ4n) is 12.8. The maximum absolute atomic E-state index is 3.13. The highest BCUT2D eigenvalue weighted by Crippen LogP contribution is 2.80. The summed E-state index contributed by atoms with van der Waals surface area (Å²) >= 11 is 0. The van der Waals surface area contributed by atoms with Crippen LogP contribution in [0.2, 0.25) is 0 Å². The van der Waals surface area contributed by atoms with Gasteiger partial charge >= 0.3 is 0 Å². The van der Waals surface area contributed by atoms with Crippen LogP contribution in [-0.4, -0.2) is 23.5 Å². The van der Waals surface area contributed by atoms with Gasteiger partial charge in [-0.25, -0.2) is 0 Å². The van der Waals surface area contributed by atoms with Crippen molar-refractivity contribution in [3.8, 4) is 0 Å². The van der Waals surface area contributed by atoms with Crippen molar-refractivity contribution in [2.75, 3.05) is 6.54 Å². The first-order chi connectivity index (χ1) is 16.3. The van der Waals surface area contributed by atoms with E-state index in [1.807, 2.05) is 0 Å². The van der Waals surface area contributed by atoms with Crippen LogP contribution in [0.4, 0.5) is 0 Å². The number of fused-ring (bicyclic) bond motifs is 5. The molecule has 1 heteroatoms. The van der Waals surface area contributed by atoms with E-state index in [0.29, 0.717) is 16.2 Å². The first-order valence-electron chi connectivity index (χ1n) is 16.1. The lowest BCUT2D eigenvalue weighted by Gasteiger charge is -2.62. The molecule has 0 aromatic carbocycles. The van der Waals surface area contributed by atoms with Gasteiger partial charge in [0, 0.05) is 18.6 Å². The smallest absolute Gasteiger partial charge is 0.0186 e. The van der Waals surface area contributed by atoms with Crippen molar-refractivity contribution in [1.82, 2.24) is 4.90 Å². The average Bonchev–Trinajstić information content (AvgIpc) is 3.38. The molecule has 2 saturated heterocycles. The van der Waals surface area contributed by atoms with Crippen molar-refractivity contribution in [3.63, 3.8) is 0 Å². The van der Waals surface area contributed by atoms with Gasteiger partial charge in [0.15, 0.2) is 0 Å². The van der Waals surface area contributed by atoms with Crippen molar-refractivity contribution < 1.29 is 0 Å². The second-order valence-corrected chi connectivity index (χ2v) is 15.1. The van der Waals surface area contributed by atoms with Gasteiger partial charge in [0.2, 0.25) is 0 Å². The standard InChI is InChI=1S/C33H57N/c1-7-12-26(8-2)22(3)19-27-21-31(14-11-15-31)33(25(27)6)20-23(4)24(5)30-32(16-9-10-17-32)29(33)28-13-18-34(28)30/h22-30H,7-21H2,1-6H3. The van der Waals surface area contributed by atoms with E-state index >= 15 is 0 Å². The van der Waals surface area contributed by atoms with E-state index in [0.717, 1.165) is 53.5 Å². The van der Waals surface area contributed by atoms with Crippen molar-refractivity contribution in [1.29, 1.82) is 0 Å². The summed E-state index contributed by atoms with van der Waals surface area (Å²) in [7, 11) is 0. The molecule has 0 aromatic heterocycles. The Morgan fingerprint density at radius 1 is 0.941 bits per heavy atom. The molecule has 2 aliphatic heterocycles. The van der Waals surface area contributed by atoms with E-state index in [2.05, 4.69) is 46.4 Å². The SMILES string of the molecule is CCCC(CC)C(C)CC1CC2(CCC2)C2(CC(C)C(C)C3N4CCC4C2C32CCCC2)C1C. The third-order valence-electron chi connectivity index (χ3n) is 14.3. The normalized spacial score (nSPS) is 48.0. The monoisotopic (exact) mass is 467 g/mol. The molecule has 1 nitrogen and oxygen atoms in total. The minimum absolute atomic E-state index is 0.648. The van der Waals surface area contributed by atoms with Crippen LogP contribution in [0.1, 0.15) is 131 Å². The van der Waals surface area contributed by atoms with Gasteiger partial charge in [-0.15, -0.1) is 0 Å². The Balaban J connectivity index is 1.41. The maximum Gasteiger partial charge on any atom is 0.0186 e. The summed E-state index contributed by atoms with van der Waals surface area (Å²) in [5.41, 5.74) is 2.03. The number of rotatable bonds is 6. The minimum atomic E-state index is 0.648. The fraction of sp³-hybridized carbons (Fsp3) is 1.00. The van der Waals surface area contributed by atoms with Gasteiger partial charge in [0.05, 0.1) is 0 Å². The number of nitrogens with zero attached hydrogens (tertiary/aromatic N) is 1.